The van der Waals surface area contributed by atoms with Crippen molar-refractivity contribution in [1.29, 1.82) is 0 Å². The van der Waals surface area contributed by atoms with Crippen LogP contribution in [0.5, 0.6) is 17.2 Å². The van der Waals surface area contributed by atoms with Gasteiger partial charge >= 0.3 is 0 Å². The van der Waals surface area contributed by atoms with Gasteiger partial charge in [-0.3, -0.25) is 9.59 Å². The van der Waals surface area contributed by atoms with E-state index in [4.69, 9.17) is 37.4 Å². The number of nitrogens with one attached hydrogen (secondary N) is 2. The van der Waals surface area contributed by atoms with Gasteiger partial charge in [0, 0.05) is 19.0 Å². The number of methoxy groups -OCH3 is 3. The first-order valence-electron chi connectivity index (χ1n) is 11.7. The average Bonchev–Trinajstić information content (AvgIpc) is 3.12. The van der Waals surface area contributed by atoms with Crippen molar-refractivity contribution in [3.05, 3.63) is 79.4 Å². The molecular formula is C28H28Cl2N2O5. The van der Waals surface area contributed by atoms with Gasteiger partial charge in [-0.1, -0.05) is 41.4 Å². The minimum absolute atomic E-state index is 0.183. The predicted molar refractivity (Wildman–Crippen MR) is 146 cm³/mol. The fourth-order valence-corrected chi connectivity index (χ4v) is 5.12. The van der Waals surface area contributed by atoms with Gasteiger partial charge in [0.2, 0.25) is 17.1 Å². The normalized spacial score (nSPS) is 14.1. The van der Waals surface area contributed by atoms with E-state index in [0.29, 0.717) is 57.9 Å². The molecule has 194 valence electrons. The number of hydrogen-bond donors (Lipinski definition) is 2. The van der Waals surface area contributed by atoms with Crippen LogP contribution in [-0.4, -0.2) is 27.2 Å². The zero-order valence-electron chi connectivity index (χ0n) is 21.0. The molecule has 1 aliphatic rings. The summed E-state index contributed by atoms with van der Waals surface area (Å²) in [6.45, 7) is 1.77. The maximum atomic E-state index is 13.4. The van der Waals surface area contributed by atoms with Gasteiger partial charge in [0.25, 0.3) is 0 Å². The van der Waals surface area contributed by atoms with E-state index >= 15 is 0 Å². The molecule has 0 bridgehead atoms. The van der Waals surface area contributed by atoms with Crippen LogP contribution >= 0.6 is 23.2 Å². The van der Waals surface area contributed by atoms with Crippen LogP contribution < -0.4 is 30.3 Å². The van der Waals surface area contributed by atoms with Crippen molar-refractivity contribution in [3.8, 4) is 28.4 Å². The summed E-state index contributed by atoms with van der Waals surface area (Å²) in [7, 11) is 4.69. The first-order chi connectivity index (χ1) is 17.8. The molecule has 0 heterocycles. The van der Waals surface area contributed by atoms with Crippen molar-refractivity contribution < 1.29 is 19.0 Å². The fourth-order valence-electron chi connectivity index (χ4n) is 4.73. The topological polar surface area (TPSA) is 85.9 Å². The number of carbonyl (C=O) groups excluding carboxylic acids is 1. The maximum absolute atomic E-state index is 13.4. The maximum Gasteiger partial charge on any atom is 0.217 e. The fraction of sp³-hybridized carbons (Fsp3) is 0.286. The molecule has 0 radical (unpaired) electrons. The molecule has 0 saturated heterocycles. The van der Waals surface area contributed by atoms with Crippen molar-refractivity contribution in [3.63, 3.8) is 0 Å². The SMILES string of the molecule is COc1cc2c(c(OC)c1OC)-c1ccc(NCc3cccc(Cl)c3Cl)c(=O)cc1C(NC(C)=O)CC2. The quantitative estimate of drug-likeness (QED) is 0.393. The molecule has 37 heavy (non-hydrogen) atoms. The number of ether oxygens (including phenoxy) is 3. The Morgan fingerprint density at radius 2 is 1.78 bits per heavy atom. The molecule has 0 aliphatic heterocycles. The zero-order valence-corrected chi connectivity index (χ0v) is 22.5. The first-order valence-corrected chi connectivity index (χ1v) is 12.5. The summed E-state index contributed by atoms with van der Waals surface area (Å²) >= 11 is 12.5. The Kier molecular flexibility index (Phi) is 8.15. The van der Waals surface area contributed by atoms with Gasteiger partial charge < -0.3 is 24.8 Å². The lowest BCUT2D eigenvalue weighted by Gasteiger charge is -2.19. The molecular weight excluding hydrogens is 515 g/mol. The van der Waals surface area contributed by atoms with Gasteiger partial charge in [-0.15, -0.1) is 0 Å². The lowest BCUT2D eigenvalue weighted by Crippen LogP contribution is -2.26. The number of fused-ring (bicyclic) bond motifs is 3. The Morgan fingerprint density at radius 1 is 1.03 bits per heavy atom. The van der Waals surface area contributed by atoms with Crippen LogP contribution in [0.2, 0.25) is 10.0 Å². The van der Waals surface area contributed by atoms with E-state index in [0.717, 1.165) is 22.3 Å². The number of aryl methyl sites for hydroxylation is 1. The van der Waals surface area contributed by atoms with Gasteiger partial charge in [0.05, 0.1) is 43.1 Å². The third-order valence-electron chi connectivity index (χ3n) is 6.42. The molecule has 0 spiro atoms. The minimum Gasteiger partial charge on any atom is -0.493 e. The second-order valence-electron chi connectivity index (χ2n) is 8.66. The molecule has 1 unspecified atom stereocenters. The molecule has 0 fully saturated rings. The molecule has 0 aromatic heterocycles. The highest BCUT2D eigenvalue weighted by molar-refractivity contribution is 6.42. The molecule has 1 amide bonds. The van der Waals surface area contributed by atoms with Crippen LogP contribution in [-0.2, 0) is 17.8 Å². The summed E-state index contributed by atoms with van der Waals surface area (Å²) in [4.78, 5) is 25.5. The number of hydrogen-bond acceptors (Lipinski definition) is 6. The molecule has 9 heteroatoms. The van der Waals surface area contributed by atoms with E-state index in [9.17, 15) is 9.59 Å². The molecule has 1 atom stereocenters. The monoisotopic (exact) mass is 542 g/mol. The molecule has 1 aliphatic carbocycles. The van der Waals surface area contributed by atoms with E-state index in [1.807, 2.05) is 18.2 Å². The smallest absolute Gasteiger partial charge is 0.217 e. The van der Waals surface area contributed by atoms with Crippen LogP contribution in [0.25, 0.3) is 11.1 Å². The van der Waals surface area contributed by atoms with E-state index in [2.05, 4.69) is 10.6 Å². The molecule has 4 rings (SSSR count). The van der Waals surface area contributed by atoms with Gasteiger partial charge in [0.1, 0.15) is 0 Å². The Balaban J connectivity index is 1.90. The third-order valence-corrected chi connectivity index (χ3v) is 7.27. The summed E-state index contributed by atoms with van der Waals surface area (Å²) in [5.74, 6) is 1.32. The van der Waals surface area contributed by atoms with Crippen LogP contribution in [0.3, 0.4) is 0 Å². The number of rotatable bonds is 7. The van der Waals surface area contributed by atoms with Crippen LogP contribution in [0, 0.1) is 0 Å². The number of anilines is 1. The summed E-state index contributed by atoms with van der Waals surface area (Å²) < 4.78 is 17.0. The largest absolute Gasteiger partial charge is 0.493 e. The van der Waals surface area contributed by atoms with Gasteiger partial charge in [-0.25, -0.2) is 0 Å². The van der Waals surface area contributed by atoms with Gasteiger partial charge in [-0.2, -0.15) is 0 Å². The number of carbonyl (C=O) groups is 1. The highest BCUT2D eigenvalue weighted by Gasteiger charge is 2.29. The number of halogens is 2. The van der Waals surface area contributed by atoms with E-state index in [1.165, 1.54) is 6.92 Å². The lowest BCUT2D eigenvalue weighted by molar-refractivity contribution is -0.119. The van der Waals surface area contributed by atoms with Crippen molar-refractivity contribution in [2.45, 2.75) is 32.4 Å². The van der Waals surface area contributed by atoms with E-state index < -0.39 is 0 Å². The van der Waals surface area contributed by atoms with Crippen LogP contribution in [0.15, 0.2) is 47.3 Å². The van der Waals surface area contributed by atoms with E-state index in [-0.39, 0.29) is 17.4 Å². The third kappa shape index (κ3) is 5.33. The molecule has 0 saturated carbocycles. The van der Waals surface area contributed by atoms with Crippen molar-refractivity contribution in [2.75, 3.05) is 26.6 Å². The zero-order chi connectivity index (χ0) is 26.7. The summed E-state index contributed by atoms with van der Waals surface area (Å²) in [5.41, 5.74) is 4.13. The number of amides is 1. The highest BCUT2D eigenvalue weighted by Crippen LogP contribution is 2.50. The molecule has 2 N–H and O–H groups in total. The van der Waals surface area contributed by atoms with Crippen molar-refractivity contribution in [1.82, 2.24) is 5.32 Å². The second-order valence-corrected chi connectivity index (χ2v) is 9.45. The minimum atomic E-state index is -0.378. The van der Waals surface area contributed by atoms with Crippen LogP contribution in [0.1, 0.15) is 36.1 Å². The molecule has 7 nitrogen and oxygen atoms in total. The summed E-state index contributed by atoms with van der Waals surface area (Å²) in [6, 6.07) is 12.1. The number of benzene rings is 2. The summed E-state index contributed by atoms with van der Waals surface area (Å²) in [5, 5.41) is 7.07. The predicted octanol–water partition coefficient (Wildman–Crippen LogP) is 5.78. The average molecular weight is 543 g/mol. The standard InChI is InChI=1S/C28H28Cl2N2O5/c1-15(33)32-21-10-8-16-12-24(35-2)27(36-3)28(37-4)25(16)18-9-11-22(23(34)13-19(18)21)31-14-17-6-5-7-20(29)26(17)30/h5-7,9,11-13,21H,8,10,14H2,1-4H3,(H,31,34)(H,32,33). The van der Waals surface area contributed by atoms with Crippen molar-refractivity contribution >= 4 is 34.8 Å². The Hall–Kier alpha value is -3.42. The second kappa shape index (κ2) is 11.3. The lowest BCUT2D eigenvalue weighted by atomic mass is 9.95. The Bertz CT molecular complexity index is 1410. The summed E-state index contributed by atoms with van der Waals surface area (Å²) in [6.07, 6.45) is 1.21. The van der Waals surface area contributed by atoms with Gasteiger partial charge in [-0.05, 0) is 59.4 Å². The van der Waals surface area contributed by atoms with Gasteiger partial charge in [0.15, 0.2) is 11.5 Å². The molecule has 3 aromatic carbocycles. The molecule has 3 aromatic rings. The van der Waals surface area contributed by atoms with E-state index in [1.54, 1.807) is 45.6 Å². The highest BCUT2D eigenvalue weighted by atomic mass is 35.5. The van der Waals surface area contributed by atoms with Crippen LogP contribution in [0.4, 0.5) is 5.69 Å². The first kappa shape index (κ1) is 26.6. The Labute approximate surface area is 225 Å². The Morgan fingerprint density at radius 3 is 2.46 bits per heavy atom. The van der Waals surface area contributed by atoms with Crippen molar-refractivity contribution in [2.24, 2.45) is 0 Å².